The lowest BCUT2D eigenvalue weighted by atomic mass is 9.58. The molecule has 3 unspecified atom stereocenters. The van der Waals surface area contributed by atoms with Crippen LogP contribution < -0.4 is 25.4 Å². The Morgan fingerprint density at radius 2 is 1.91 bits per heavy atom. The molecule has 2 aromatic rings. The fourth-order valence-electron chi connectivity index (χ4n) is 5.96. The maximum Gasteiger partial charge on any atom is 0.255 e. The highest BCUT2D eigenvalue weighted by atomic mass is 16.5. The van der Waals surface area contributed by atoms with Gasteiger partial charge in [0.15, 0.2) is 11.5 Å². The molecule has 4 aliphatic rings. The largest absolute Gasteiger partial charge is 0.493 e. The zero-order chi connectivity index (χ0) is 23.0. The molecule has 174 valence electrons. The zero-order valence-corrected chi connectivity index (χ0v) is 19.1. The number of rotatable bonds is 6. The van der Waals surface area contributed by atoms with Gasteiger partial charge in [-0.25, -0.2) is 0 Å². The summed E-state index contributed by atoms with van der Waals surface area (Å²) in [6.45, 7) is 0.579. The minimum absolute atomic E-state index is 0.00403. The summed E-state index contributed by atoms with van der Waals surface area (Å²) in [5.74, 6) is 1.99. The molecule has 1 heterocycles. The standard InChI is InChI=1S/C26H31N3O4/c1-32-22-10-7-16(13-23(22)33-2)11-12-27-24(30)20-14-18-9-8-17(20)15-26(18)28-21-6-4-3-5-19(21)25(31)29-26/h3-7,10,13,17-18,20,28H,8-9,11-12,14-15H2,1-2H3,(H,27,30)(H,29,31)/t17?,18?,20?,26-/m1/s1. The number of anilines is 1. The summed E-state index contributed by atoms with van der Waals surface area (Å²) in [6.07, 6.45) is 4.36. The van der Waals surface area contributed by atoms with E-state index < -0.39 is 5.66 Å². The molecule has 4 atom stereocenters. The van der Waals surface area contributed by atoms with E-state index in [0.29, 0.717) is 23.6 Å². The molecule has 7 nitrogen and oxygen atoms in total. The van der Waals surface area contributed by atoms with E-state index in [4.69, 9.17) is 9.47 Å². The summed E-state index contributed by atoms with van der Waals surface area (Å²) in [7, 11) is 3.24. The summed E-state index contributed by atoms with van der Waals surface area (Å²) in [6, 6.07) is 13.5. The fourth-order valence-corrected chi connectivity index (χ4v) is 5.96. The van der Waals surface area contributed by atoms with Gasteiger partial charge in [-0.1, -0.05) is 18.2 Å². The normalized spacial score (nSPS) is 27.3. The third kappa shape index (κ3) is 3.90. The number of carbonyl (C=O) groups is 2. The number of benzene rings is 2. The number of fused-ring (bicyclic) bond motifs is 3. The molecule has 1 spiro atoms. The number of para-hydroxylation sites is 1. The highest BCUT2D eigenvalue weighted by Gasteiger charge is 2.55. The highest BCUT2D eigenvalue weighted by molar-refractivity contribution is 6.02. The predicted molar refractivity (Wildman–Crippen MR) is 125 cm³/mol. The second kappa shape index (κ2) is 8.61. The van der Waals surface area contributed by atoms with E-state index in [1.807, 2.05) is 42.5 Å². The van der Waals surface area contributed by atoms with Crippen LogP contribution in [0.5, 0.6) is 11.5 Å². The van der Waals surface area contributed by atoms with Gasteiger partial charge in [-0.2, -0.15) is 0 Å². The average molecular weight is 450 g/mol. The molecule has 3 aliphatic carbocycles. The number of ether oxygens (including phenoxy) is 2. The Morgan fingerprint density at radius 1 is 1.09 bits per heavy atom. The Morgan fingerprint density at radius 3 is 2.67 bits per heavy atom. The Bertz CT molecular complexity index is 1070. The molecule has 7 heteroatoms. The van der Waals surface area contributed by atoms with Gasteiger partial charge in [-0.15, -0.1) is 0 Å². The van der Waals surface area contributed by atoms with Crippen molar-refractivity contribution in [3.63, 3.8) is 0 Å². The Labute approximate surface area is 194 Å². The first-order valence-corrected chi connectivity index (χ1v) is 11.7. The molecular formula is C26H31N3O4. The molecule has 33 heavy (non-hydrogen) atoms. The maximum absolute atomic E-state index is 13.1. The summed E-state index contributed by atoms with van der Waals surface area (Å²) in [5.41, 5.74) is 2.23. The molecular weight excluding hydrogens is 418 g/mol. The number of amides is 2. The minimum Gasteiger partial charge on any atom is -0.493 e. The van der Waals surface area contributed by atoms with Crippen molar-refractivity contribution >= 4 is 17.5 Å². The Kier molecular flexibility index (Phi) is 5.64. The van der Waals surface area contributed by atoms with Crippen LogP contribution in [0, 0.1) is 17.8 Å². The Hall–Kier alpha value is -3.22. The van der Waals surface area contributed by atoms with Gasteiger partial charge < -0.3 is 25.4 Å². The zero-order valence-electron chi connectivity index (χ0n) is 19.1. The second-order valence-electron chi connectivity index (χ2n) is 9.41. The number of methoxy groups -OCH3 is 2. The summed E-state index contributed by atoms with van der Waals surface area (Å²) < 4.78 is 10.7. The molecule has 0 radical (unpaired) electrons. The van der Waals surface area contributed by atoms with Crippen LogP contribution in [0.25, 0.3) is 0 Å². The van der Waals surface area contributed by atoms with Crippen LogP contribution in [0.4, 0.5) is 5.69 Å². The minimum atomic E-state index is -0.440. The van der Waals surface area contributed by atoms with Gasteiger partial charge in [0.25, 0.3) is 5.91 Å². The molecule has 3 N–H and O–H groups in total. The summed E-state index contributed by atoms with van der Waals surface area (Å²) in [4.78, 5) is 25.8. The molecule has 3 saturated carbocycles. The molecule has 2 aromatic carbocycles. The number of hydrogen-bond acceptors (Lipinski definition) is 5. The van der Waals surface area contributed by atoms with Crippen LogP contribution in [0.1, 0.15) is 41.6 Å². The molecule has 6 rings (SSSR count). The van der Waals surface area contributed by atoms with Gasteiger partial charge in [-0.05, 0) is 67.9 Å². The van der Waals surface area contributed by atoms with Gasteiger partial charge in [0.2, 0.25) is 5.91 Å². The van der Waals surface area contributed by atoms with Crippen molar-refractivity contribution in [2.24, 2.45) is 17.8 Å². The first-order valence-electron chi connectivity index (χ1n) is 11.7. The monoisotopic (exact) mass is 449 g/mol. The topological polar surface area (TPSA) is 88.7 Å². The second-order valence-corrected chi connectivity index (χ2v) is 9.41. The fraction of sp³-hybridized carbons (Fsp3) is 0.462. The van der Waals surface area contributed by atoms with E-state index in [-0.39, 0.29) is 29.6 Å². The van der Waals surface area contributed by atoms with Crippen molar-refractivity contribution in [2.75, 3.05) is 26.1 Å². The van der Waals surface area contributed by atoms with Crippen LogP contribution in [-0.4, -0.2) is 38.2 Å². The van der Waals surface area contributed by atoms with Gasteiger partial charge in [0.1, 0.15) is 5.66 Å². The van der Waals surface area contributed by atoms with E-state index in [1.165, 1.54) is 0 Å². The lowest BCUT2D eigenvalue weighted by Gasteiger charge is -2.56. The molecule has 2 amide bonds. The van der Waals surface area contributed by atoms with Crippen LogP contribution in [-0.2, 0) is 11.2 Å². The highest BCUT2D eigenvalue weighted by Crippen LogP contribution is 2.51. The van der Waals surface area contributed by atoms with Crippen LogP contribution in [0.15, 0.2) is 42.5 Å². The number of nitrogens with one attached hydrogen (secondary N) is 3. The van der Waals surface area contributed by atoms with Gasteiger partial charge in [0.05, 0.1) is 19.8 Å². The third-order valence-electron chi connectivity index (χ3n) is 7.64. The van der Waals surface area contributed by atoms with E-state index in [0.717, 1.165) is 43.4 Å². The SMILES string of the molecule is COc1ccc(CCNC(=O)C2CC3CCC2C[C@@]32NC(=O)c3ccccc3N2)cc1OC. The molecule has 3 fully saturated rings. The molecule has 2 bridgehead atoms. The van der Waals surface area contributed by atoms with E-state index >= 15 is 0 Å². The average Bonchev–Trinajstić information content (AvgIpc) is 2.84. The number of carbonyl (C=O) groups excluding carboxylic acids is 2. The van der Waals surface area contributed by atoms with Crippen molar-refractivity contribution in [3.8, 4) is 11.5 Å². The van der Waals surface area contributed by atoms with Gasteiger partial charge in [-0.3, -0.25) is 9.59 Å². The van der Waals surface area contributed by atoms with E-state index in [2.05, 4.69) is 16.0 Å². The van der Waals surface area contributed by atoms with Gasteiger partial charge in [0, 0.05) is 24.1 Å². The lowest BCUT2D eigenvalue weighted by molar-refractivity contribution is -0.132. The maximum atomic E-state index is 13.1. The van der Waals surface area contributed by atoms with Gasteiger partial charge >= 0.3 is 0 Å². The summed E-state index contributed by atoms with van der Waals surface area (Å²) in [5, 5.41) is 10.0. The first kappa shape index (κ1) is 21.6. The van der Waals surface area contributed by atoms with Crippen LogP contribution in [0.2, 0.25) is 0 Å². The van der Waals surface area contributed by atoms with Crippen molar-refractivity contribution in [2.45, 2.75) is 37.8 Å². The predicted octanol–water partition coefficient (Wildman–Crippen LogP) is 3.35. The quantitative estimate of drug-likeness (QED) is 0.630. The lowest BCUT2D eigenvalue weighted by Crippen LogP contribution is -2.68. The summed E-state index contributed by atoms with van der Waals surface area (Å²) >= 11 is 0. The molecule has 0 saturated heterocycles. The van der Waals surface area contributed by atoms with Crippen LogP contribution in [0.3, 0.4) is 0 Å². The van der Waals surface area contributed by atoms with Crippen LogP contribution >= 0.6 is 0 Å². The first-order chi connectivity index (χ1) is 16.0. The van der Waals surface area contributed by atoms with Crippen molar-refractivity contribution < 1.29 is 19.1 Å². The van der Waals surface area contributed by atoms with Crippen molar-refractivity contribution in [1.29, 1.82) is 0 Å². The van der Waals surface area contributed by atoms with Crippen molar-refractivity contribution in [1.82, 2.24) is 10.6 Å². The number of hydrogen-bond donors (Lipinski definition) is 3. The van der Waals surface area contributed by atoms with E-state index in [1.54, 1.807) is 14.2 Å². The third-order valence-corrected chi connectivity index (χ3v) is 7.64. The molecule has 1 aliphatic heterocycles. The Balaban J connectivity index is 1.21. The smallest absolute Gasteiger partial charge is 0.255 e. The molecule has 0 aromatic heterocycles. The van der Waals surface area contributed by atoms with Crippen molar-refractivity contribution in [3.05, 3.63) is 53.6 Å². The van der Waals surface area contributed by atoms with E-state index in [9.17, 15) is 9.59 Å².